The van der Waals surface area contributed by atoms with Gasteiger partial charge in [-0.2, -0.15) is 5.10 Å². The first kappa shape index (κ1) is 13.4. The van der Waals surface area contributed by atoms with E-state index in [0.717, 1.165) is 10.6 Å². The molecule has 0 spiro atoms. The normalized spacial score (nSPS) is 9.41. The molecular weight excluding hydrogens is 236 g/mol. The zero-order valence-electron chi connectivity index (χ0n) is 10.4. The molecule has 0 aliphatic rings. The third kappa shape index (κ3) is 2.94. The molecule has 0 saturated carbocycles. The first-order valence-corrected chi connectivity index (χ1v) is 6.25. The number of hydrogen-bond donors (Lipinski definition) is 0. The highest BCUT2D eigenvalue weighted by Crippen LogP contribution is 2.26. The van der Waals surface area contributed by atoms with E-state index in [-0.39, 0.29) is 5.97 Å². The van der Waals surface area contributed by atoms with E-state index in [0.29, 0.717) is 5.56 Å². The number of ether oxygens (including phenoxy) is 1. The Morgan fingerprint density at radius 2 is 2.18 bits per heavy atom. The standard InChI is InChI=1S/C10H10N2O2S.C2H6/c1-12-8(3-4-11-12)9-5-7(6-15-9)10(13)14-2;1-2/h3-6H,1-2H3;1-2H3. The van der Waals surface area contributed by atoms with Gasteiger partial charge in [0, 0.05) is 18.6 Å². The van der Waals surface area contributed by atoms with Gasteiger partial charge in [-0.15, -0.1) is 11.3 Å². The van der Waals surface area contributed by atoms with Crippen molar-refractivity contribution in [3.63, 3.8) is 0 Å². The average molecular weight is 252 g/mol. The van der Waals surface area contributed by atoms with E-state index < -0.39 is 0 Å². The quantitative estimate of drug-likeness (QED) is 0.772. The number of hydrogen-bond acceptors (Lipinski definition) is 4. The van der Waals surface area contributed by atoms with E-state index in [1.54, 1.807) is 16.3 Å². The molecule has 0 saturated heterocycles. The van der Waals surface area contributed by atoms with E-state index in [1.807, 2.05) is 33.0 Å². The predicted molar refractivity (Wildman–Crippen MR) is 69.2 cm³/mol. The lowest BCUT2D eigenvalue weighted by Crippen LogP contribution is -1.98. The zero-order chi connectivity index (χ0) is 12.8. The second-order valence-corrected chi connectivity index (χ2v) is 3.94. The Labute approximate surface area is 105 Å². The Bertz CT molecular complexity index is 488. The van der Waals surface area contributed by atoms with Crippen LogP contribution in [0.3, 0.4) is 0 Å². The minimum atomic E-state index is -0.306. The van der Waals surface area contributed by atoms with Crippen LogP contribution in [-0.4, -0.2) is 22.9 Å². The second-order valence-electron chi connectivity index (χ2n) is 3.03. The summed E-state index contributed by atoms with van der Waals surface area (Å²) < 4.78 is 6.41. The first-order valence-electron chi connectivity index (χ1n) is 5.37. The van der Waals surface area contributed by atoms with Crippen LogP contribution < -0.4 is 0 Å². The minimum Gasteiger partial charge on any atom is -0.465 e. The Morgan fingerprint density at radius 3 is 2.71 bits per heavy atom. The van der Waals surface area contributed by atoms with E-state index in [9.17, 15) is 4.79 Å². The van der Waals surface area contributed by atoms with Crippen molar-refractivity contribution in [1.82, 2.24) is 9.78 Å². The Kier molecular flexibility index (Phi) is 4.90. The molecule has 5 heteroatoms. The van der Waals surface area contributed by atoms with Gasteiger partial charge < -0.3 is 4.74 Å². The molecule has 2 heterocycles. The van der Waals surface area contributed by atoms with Gasteiger partial charge in [0.2, 0.25) is 0 Å². The Balaban J connectivity index is 0.000000686. The number of rotatable bonds is 2. The molecule has 0 fully saturated rings. The fourth-order valence-corrected chi connectivity index (χ4v) is 2.25. The van der Waals surface area contributed by atoms with Gasteiger partial charge >= 0.3 is 5.97 Å². The van der Waals surface area contributed by atoms with Gasteiger partial charge in [0.15, 0.2) is 0 Å². The molecule has 0 aliphatic heterocycles. The molecule has 0 amide bonds. The number of nitrogens with zero attached hydrogens (tertiary/aromatic N) is 2. The molecule has 0 unspecified atom stereocenters. The van der Waals surface area contributed by atoms with Crippen LogP contribution in [-0.2, 0) is 11.8 Å². The number of aryl methyl sites for hydroxylation is 1. The zero-order valence-corrected chi connectivity index (χ0v) is 11.2. The topological polar surface area (TPSA) is 44.1 Å². The smallest absolute Gasteiger partial charge is 0.338 e. The second kappa shape index (κ2) is 6.20. The summed E-state index contributed by atoms with van der Waals surface area (Å²) in [4.78, 5) is 12.3. The highest BCUT2D eigenvalue weighted by Gasteiger charge is 2.11. The lowest BCUT2D eigenvalue weighted by atomic mass is 10.3. The maximum absolute atomic E-state index is 11.2. The van der Waals surface area contributed by atoms with Crippen LogP contribution in [0.25, 0.3) is 10.6 Å². The molecule has 0 atom stereocenters. The molecule has 17 heavy (non-hydrogen) atoms. The van der Waals surface area contributed by atoms with Crippen molar-refractivity contribution < 1.29 is 9.53 Å². The fourth-order valence-electron chi connectivity index (χ4n) is 1.31. The third-order valence-electron chi connectivity index (χ3n) is 2.09. The summed E-state index contributed by atoms with van der Waals surface area (Å²) in [5, 5.41) is 5.86. The van der Waals surface area contributed by atoms with Gasteiger partial charge in [-0.3, -0.25) is 4.68 Å². The summed E-state index contributed by atoms with van der Waals surface area (Å²) in [6.07, 6.45) is 1.73. The predicted octanol–water partition coefficient (Wildman–Crippen LogP) is 2.96. The Hall–Kier alpha value is -1.62. The summed E-state index contributed by atoms with van der Waals surface area (Å²) in [7, 11) is 3.25. The van der Waals surface area contributed by atoms with Gasteiger partial charge in [-0.05, 0) is 12.1 Å². The molecule has 0 radical (unpaired) electrons. The summed E-state index contributed by atoms with van der Waals surface area (Å²) in [6, 6.07) is 3.72. The summed E-state index contributed by atoms with van der Waals surface area (Å²) in [5.74, 6) is -0.306. The highest BCUT2D eigenvalue weighted by atomic mass is 32.1. The number of esters is 1. The van der Waals surface area contributed by atoms with E-state index in [1.165, 1.54) is 18.4 Å². The van der Waals surface area contributed by atoms with Gasteiger partial charge in [0.05, 0.1) is 23.2 Å². The SMILES string of the molecule is CC.COC(=O)c1csc(-c2ccnn2C)c1. The monoisotopic (exact) mass is 252 g/mol. The molecule has 0 N–H and O–H groups in total. The van der Waals surface area contributed by atoms with Crippen molar-refractivity contribution in [2.45, 2.75) is 13.8 Å². The van der Waals surface area contributed by atoms with Crippen molar-refractivity contribution in [3.05, 3.63) is 29.3 Å². The van der Waals surface area contributed by atoms with Crippen molar-refractivity contribution in [3.8, 4) is 10.6 Å². The lowest BCUT2D eigenvalue weighted by Gasteiger charge is -1.96. The molecule has 92 valence electrons. The van der Waals surface area contributed by atoms with Crippen molar-refractivity contribution in [1.29, 1.82) is 0 Å². The van der Waals surface area contributed by atoms with Crippen LogP contribution in [0.2, 0.25) is 0 Å². The van der Waals surface area contributed by atoms with Gasteiger partial charge in [0.25, 0.3) is 0 Å². The molecule has 2 aromatic heterocycles. The van der Waals surface area contributed by atoms with Gasteiger partial charge in [0.1, 0.15) is 0 Å². The molecule has 0 bridgehead atoms. The molecule has 4 nitrogen and oxygen atoms in total. The van der Waals surface area contributed by atoms with Crippen LogP contribution in [0, 0.1) is 0 Å². The van der Waals surface area contributed by atoms with Crippen LogP contribution in [0.1, 0.15) is 24.2 Å². The molecule has 2 aromatic rings. The summed E-state index contributed by atoms with van der Waals surface area (Å²) in [6.45, 7) is 4.00. The lowest BCUT2D eigenvalue weighted by molar-refractivity contribution is 0.0601. The van der Waals surface area contributed by atoms with E-state index in [4.69, 9.17) is 0 Å². The fraction of sp³-hybridized carbons (Fsp3) is 0.333. The largest absolute Gasteiger partial charge is 0.465 e. The van der Waals surface area contributed by atoms with Crippen LogP contribution >= 0.6 is 11.3 Å². The van der Waals surface area contributed by atoms with E-state index in [2.05, 4.69) is 9.84 Å². The van der Waals surface area contributed by atoms with Crippen molar-refractivity contribution in [2.75, 3.05) is 7.11 Å². The number of carbonyl (C=O) groups excluding carboxylic acids is 1. The molecular formula is C12H16N2O2S. The van der Waals surface area contributed by atoms with Crippen molar-refractivity contribution >= 4 is 17.3 Å². The molecule has 2 rings (SSSR count). The van der Waals surface area contributed by atoms with Gasteiger partial charge in [-0.25, -0.2) is 4.79 Å². The highest BCUT2D eigenvalue weighted by molar-refractivity contribution is 7.13. The number of thiophene rings is 1. The van der Waals surface area contributed by atoms with Crippen LogP contribution in [0.15, 0.2) is 23.7 Å². The first-order chi connectivity index (χ1) is 8.22. The number of methoxy groups -OCH3 is 1. The average Bonchev–Trinajstić information content (AvgIpc) is 2.99. The van der Waals surface area contributed by atoms with Crippen LogP contribution in [0.5, 0.6) is 0 Å². The maximum Gasteiger partial charge on any atom is 0.338 e. The third-order valence-corrected chi connectivity index (χ3v) is 3.05. The van der Waals surface area contributed by atoms with Crippen LogP contribution in [0.4, 0.5) is 0 Å². The summed E-state index contributed by atoms with van der Waals surface area (Å²) >= 11 is 1.50. The van der Waals surface area contributed by atoms with Gasteiger partial charge in [-0.1, -0.05) is 13.8 Å². The molecule has 0 aromatic carbocycles. The molecule has 0 aliphatic carbocycles. The Morgan fingerprint density at radius 1 is 1.47 bits per heavy atom. The summed E-state index contributed by atoms with van der Waals surface area (Å²) in [5.41, 5.74) is 1.58. The maximum atomic E-state index is 11.2. The van der Waals surface area contributed by atoms with Crippen molar-refractivity contribution in [2.24, 2.45) is 7.05 Å². The number of carbonyl (C=O) groups is 1. The number of aromatic nitrogens is 2. The minimum absolute atomic E-state index is 0.306. The van der Waals surface area contributed by atoms with E-state index >= 15 is 0 Å².